The molecule has 2 aromatic rings. The molecule has 4 heteroatoms. The molecule has 1 N–H and O–H groups in total. The highest BCUT2D eigenvalue weighted by molar-refractivity contribution is 5.84. The predicted molar refractivity (Wildman–Crippen MR) is 100 cm³/mol. The quantitative estimate of drug-likeness (QED) is 0.767. The van der Waals surface area contributed by atoms with E-state index in [2.05, 4.69) is 29.5 Å². The van der Waals surface area contributed by atoms with Crippen molar-refractivity contribution in [2.24, 2.45) is 11.8 Å². The van der Waals surface area contributed by atoms with Gasteiger partial charge in [0.15, 0.2) is 5.58 Å². The van der Waals surface area contributed by atoms with Gasteiger partial charge in [-0.1, -0.05) is 18.5 Å². The highest BCUT2D eigenvalue weighted by atomic mass is 16.5. The van der Waals surface area contributed by atoms with Crippen LogP contribution >= 0.6 is 0 Å². The number of aryl methyl sites for hydroxylation is 2. The third-order valence-electron chi connectivity index (χ3n) is 5.70. The second-order valence-electron chi connectivity index (χ2n) is 7.78. The van der Waals surface area contributed by atoms with Crippen LogP contribution in [0.5, 0.6) is 5.75 Å². The molecule has 25 heavy (non-hydrogen) atoms. The van der Waals surface area contributed by atoms with E-state index in [1.807, 2.05) is 0 Å². The Balaban J connectivity index is 1.51. The topological polar surface area (TPSA) is 47.3 Å². The van der Waals surface area contributed by atoms with E-state index in [-0.39, 0.29) is 0 Å². The number of hydrogen-bond donors (Lipinski definition) is 1. The Labute approximate surface area is 150 Å². The summed E-state index contributed by atoms with van der Waals surface area (Å²) in [6.07, 6.45) is 9.51. The molecule has 4 rings (SSSR count). The van der Waals surface area contributed by atoms with Crippen LogP contribution in [0.3, 0.4) is 0 Å². The van der Waals surface area contributed by atoms with Gasteiger partial charge in [-0.15, -0.1) is 0 Å². The Kier molecular flexibility index (Phi) is 5.25. The van der Waals surface area contributed by atoms with E-state index in [1.165, 1.54) is 43.1 Å². The molecule has 1 aromatic heterocycles. The van der Waals surface area contributed by atoms with E-state index in [1.54, 1.807) is 0 Å². The summed E-state index contributed by atoms with van der Waals surface area (Å²) >= 11 is 0. The Morgan fingerprint density at radius 2 is 1.96 bits per heavy atom. The molecule has 0 atom stereocenters. The number of ether oxygens (including phenoxy) is 1. The normalized spacial score (nSPS) is 18.8. The van der Waals surface area contributed by atoms with E-state index < -0.39 is 0 Å². The largest absolute Gasteiger partial charge is 0.493 e. The molecule has 4 nitrogen and oxygen atoms in total. The first kappa shape index (κ1) is 16.9. The zero-order chi connectivity index (χ0) is 17.1. The lowest BCUT2D eigenvalue weighted by molar-refractivity contribution is 0.296. The number of benzene rings is 1. The van der Waals surface area contributed by atoms with Crippen molar-refractivity contribution in [3.63, 3.8) is 0 Å². The smallest absolute Gasteiger partial charge is 0.174 e. The van der Waals surface area contributed by atoms with Gasteiger partial charge in [-0.05, 0) is 82.0 Å². The molecule has 2 aliphatic rings. The van der Waals surface area contributed by atoms with Gasteiger partial charge < -0.3 is 14.6 Å². The van der Waals surface area contributed by atoms with E-state index >= 15 is 0 Å². The Bertz CT molecular complexity index is 699. The second-order valence-corrected chi connectivity index (χ2v) is 7.78. The number of aromatic nitrogens is 1. The summed E-state index contributed by atoms with van der Waals surface area (Å²) in [6.45, 7) is 5.37. The van der Waals surface area contributed by atoms with Crippen LogP contribution in [0.4, 0.5) is 0 Å². The second kappa shape index (κ2) is 7.77. The maximum atomic E-state index is 6.09. The van der Waals surface area contributed by atoms with Crippen molar-refractivity contribution in [1.29, 1.82) is 0 Å². The molecule has 2 heterocycles. The number of piperidine rings is 1. The minimum atomic E-state index is 0.764. The van der Waals surface area contributed by atoms with Gasteiger partial charge in [0.1, 0.15) is 5.75 Å². The Morgan fingerprint density at radius 1 is 1.12 bits per heavy atom. The maximum absolute atomic E-state index is 6.09. The molecule has 0 bridgehead atoms. The molecule has 0 radical (unpaired) electrons. The lowest BCUT2D eigenvalue weighted by atomic mass is 9.92. The van der Waals surface area contributed by atoms with Gasteiger partial charge in [0, 0.05) is 10.9 Å². The molecular weight excluding hydrogens is 312 g/mol. The van der Waals surface area contributed by atoms with Crippen molar-refractivity contribution in [2.45, 2.75) is 58.3 Å². The van der Waals surface area contributed by atoms with Crippen LogP contribution in [0, 0.1) is 11.8 Å². The number of nitrogens with zero attached hydrogens (tertiary/aromatic N) is 1. The zero-order valence-electron chi connectivity index (χ0n) is 15.4. The minimum Gasteiger partial charge on any atom is -0.493 e. The van der Waals surface area contributed by atoms with Gasteiger partial charge in [-0.25, -0.2) is 0 Å². The third-order valence-corrected chi connectivity index (χ3v) is 5.70. The molecule has 1 saturated heterocycles. The van der Waals surface area contributed by atoms with Gasteiger partial charge in [-0.3, -0.25) is 0 Å². The van der Waals surface area contributed by atoms with Gasteiger partial charge in [0.05, 0.1) is 12.3 Å². The predicted octanol–water partition coefficient (Wildman–Crippen LogP) is 4.50. The average Bonchev–Trinajstić information content (AvgIpc) is 3.39. The summed E-state index contributed by atoms with van der Waals surface area (Å²) in [5, 5.41) is 9.06. The standard InChI is InChI=1S/C21H30N2O2/c1-2-3-18-20(24-14-16-4-5-16)9-7-17-19(23-25-21(17)18)8-6-15-10-12-22-13-11-15/h7,9,15-16,22H,2-6,8,10-14H2,1H3. The molecule has 0 spiro atoms. The number of hydrogen-bond acceptors (Lipinski definition) is 4. The summed E-state index contributed by atoms with van der Waals surface area (Å²) < 4.78 is 11.9. The van der Waals surface area contributed by atoms with Crippen molar-refractivity contribution in [2.75, 3.05) is 19.7 Å². The van der Waals surface area contributed by atoms with Crippen molar-refractivity contribution in [3.05, 3.63) is 23.4 Å². The first-order chi connectivity index (χ1) is 12.3. The average molecular weight is 342 g/mol. The van der Waals surface area contributed by atoms with Crippen LogP contribution in [-0.4, -0.2) is 24.9 Å². The molecule has 1 saturated carbocycles. The minimum absolute atomic E-state index is 0.764. The molecular formula is C21H30N2O2. The van der Waals surface area contributed by atoms with E-state index in [0.717, 1.165) is 67.8 Å². The van der Waals surface area contributed by atoms with E-state index in [9.17, 15) is 0 Å². The van der Waals surface area contributed by atoms with Crippen LogP contribution < -0.4 is 10.1 Å². The van der Waals surface area contributed by atoms with Crippen molar-refractivity contribution >= 4 is 11.0 Å². The highest BCUT2D eigenvalue weighted by Gasteiger charge is 2.23. The fourth-order valence-electron chi connectivity index (χ4n) is 3.90. The van der Waals surface area contributed by atoms with Gasteiger partial charge in [0.25, 0.3) is 0 Å². The highest BCUT2D eigenvalue weighted by Crippen LogP contribution is 2.35. The lowest BCUT2D eigenvalue weighted by Crippen LogP contribution is -2.27. The fourth-order valence-corrected chi connectivity index (χ4v) is 3.90. The maximum Gasteiger partial charge on any atom is 0.174 e. The molecule has 136 valence electrons. The van der Waals surface area contributed by atoms with Gasteiger partial charge in [0.2, 0.25) is 0 Å². The fraction of sp³-hybridized carbons (Fsp3) is 0.667. The van der Waals surface area contributed by atoms with E-state index in [4.69, 9.17) is 9.26 Å². The summed E-state index contributed by atoms with van der Waals surface area (Å²) in [4.78, 5) is 0. The van der Waals surface area contributed by atoms with Crippen molar-refractivity contribution < 1.29 is 9.26 Å². The number of fused-ring (bicyclic) bond motifs is 1. The van der Waals surface area contributed by atoms with Gasteiger partial charge in [-0.2, -0.15) is 0 Å². The van der Waals surface area contributed by atoms with Crippen LogP contribution in [0.15, 0.2) is 16.7 Å². The van der Waals surface area contributed by atoms with Crippen LogP contribution in [-0.2, 0) is 12.8 Å². The lowest BCUT2D eigenvalue weighted by Gasteiger charge is -2.21. The van der Waals surface area contributed by atoms with Crippen LogP contribution in [0.25, 0.3) is 11.0 Å². The first-order valence-corrected chi connectivity index (χ1v) is 10.1. The molecule has 2 fully saturated rings. The number of nitrogens with one attached hydrogen (secondary N) is 1. The molecule has 0 amide bonds. The molecule has 0 unspecified atom stereocenters. The van der Waals surface area contributed by atoms with Crippen LogP contribution in [0.1, 0.15) is 56.7 Å². The summed E-state index contributed by atoms with van der Waals surface area (Å²) in [6, 6.07) is 4.30. The van der Waals surface area contributed by atoms with Crippen LogP contribution in [0.2, 0.25) is 0 Å². The van der Waals surface area contributed by atoms with Crippen molar-refractivity contribution in [1.82, 2.24) is 10.5 Å². The number of rotatable bonds is 8. The van der Waals surface area contributed by atoms with Crippen molar-refractivity contribution in [3.8, 4) is 5.75 Å². The molecule has 1 aliphatic heterocycles. The SMILES string of the molecule is CCCc1c(OCC2CC2)ccc2c(CCC3CCNCC3)noc12. The summed E-state index contributed by atoms with van der Waals surface area (Å²) in [7, 11) is 0. The Morgan fingerprint density at radius 3 is 2.72 bits per heavy atom. The zero-order valence-corrected chi connectivity index (χ0v) is 15.4. The summed E-state index contributed by atoms with van der Waals surface area (Å²) in [5.74, 6) is 2.59. The molecule has 1 aromatic carbocycles. The third kappa shape index (κ3) is 4.00. The monoisotopic (exact) mass is 342 g/mol. The Hall–Kier alpha value is -1.55. The summed E-state index contributed by atoms with van der Waals surface area (Å²) in [5.41, 5.74) is 3.29. The van der Waals surface area contributed by atoms with E-state index in [0.29, 0.717) is 0 Å². The molecule has 1 aliphatic carbocycles. The first-order valence-electron chi connectivity index (χ1n) is 10.1. The van der Waals surface area contributed by atoms with Gasteiger partial charge >= 0.3 is 0 Å².